The van der Waals surface area contributed by atoms with E-state index in [4.69, 9.17) is 19.8 Å². The first kappa shape index (κ1) is 21.2. The van der Waals surface area contributed by atoms with Gasteiger partial charge in [-0.2, -0.15) is 10.4 Å². The maximum Gasteiger partial charge on any atom is 0.335 e. The summed E-state index contributed by atoms with van der Waals surface area (Å²) in [5.74, 6) is -0.450. The highest BCUT2D eigenvalue weighted by Gasteiger charge is 2.12. The molecule has 0 heterocycles. The van der Waals surface area contributed by atoms with E-state index in [1.54, 1.807) is 30.3 Å². The van der Waals surface area contributed by atoms with Gasteiger partial charge in [0.05, 0.1) is 28.5 Å². The standard InChI is InChI=1S/C19H16IN3O5/c1-27-16-9-13(10-22-23-17(24)6-7-21)8-15(20)18(16)28-11-12-2-4-14(5-3-12)19(25)26/h2-5,8-10H,6,11H2,1H3,(H,23,24)(H,25,26)/b22-10-. The Hall–Kier alpha value is -3.13. The maximum absolute atomic E-state index is 11.2. The van der Waals surface area contributed by atoms with Crippen LogP contribution in [-0.2, 0) is 11.4 Å². The van der Waals surface area contributed by atoms with Gasteiger partial charge >= 0.3 is 5.97 Å². The Bertz CT molecular complexity index is 936. The van der Waals surface area contributed by atoms with Crippen molar-refractivity contribution in [1.29, 1.82) is 5.26 Å². The number of halogens is 1. The number of carboxylic acids is 1. The number of benzene rings is 2. The molecule has 0 aromatic heterocycles. The van der Waals surface area contributed by atoms with Gasteiger partial charge < -0.3 is 14.6 Å². The Labute approximate surface area is 174 Å². The smallest absolute Gasteiger partial charge is 0.335 e. The molecule has 0 aliphatic rings. The van der Waals surface area contributed by atoms with Crippen molar-refractivity contribution in [3.8, 4) is 17.6 Å². The van der Waals surface area contributed by atoms with Gasteiger partial charge in [0.15, 0.2) is 11.5 Å². The predicted molar refractivity (Wildman–Crippen MR) is 109 cm³/mol. The topological polar surface area (TPSA) is 121 Å². The molecule has 1 amide bonds. The van der Waals surface area contributed by atoms with Crippen LogP contribution in [0.5, 0.6) is 11.5 Å². The fraction of sp³-hybridized carbons (Fsp3) is 0.158. The van der Waals surface area contributed by atoms with Crippen LogP contribution < -0.4 is 14.9 Å². The number of hydrogen-bond acceptors (Lipinski definition) is 6. The number of hydrazone groups is 1. The molecule has 2 N–H and O–H groups in total. The third-order valence-electron chi connectivity index (χ3n) is 3.48. The molecule has 28 heavy (non-hydrogen) atoms. The van der Waals surface area contributed by atoms with Crippen molar-refractivity contribution in [2.24, 2.45) is 5.10 Å². The number of rotatable bonds is 8. The van der Waals surface area contributed by atoms with Gasteiger partial charge in [0.25, 0.3) is 5.91 Å². The third kappa shape index (κ3) is 5.95. The van der Waals surface area contributed by atoms with E-state index in [9.17, 15) is 9.59 Å². The molecule has 0 saturated heterocycles. The summed E-state index contributed by atoms with van der Waals surface area (Å²) in [6.07, 6.45) is 1.17. The molecule has 0 spiro atoms. The molecule has 9 heteroatoms. The van der Waals surface area contributed by atoms with Crippen LogP contribution >= 0.6 is 22.6 Å². The van der Waals surface area contributed by atoms with E-state index in [0.717, 1.165) is 9.13 Å². The van der Waals surface area contributed by atoms with Crippen LogP contribution in [0.3, 0.4) is 0 Å². The molecule has 0 bridgehead atoms. The van der Waals surface area contributed by atoms with Crippen molar-refractivity contribution in [3.63, 3.8) is 0 Å². The first-order valence-electron chi connectivity index (χ1n) is 7.96. The van der Waals surface area contributed by atoms with Crippen LogP contribution in [0.25, 0.3) is 0 Å². The van der Waals surface area contributed by atoms with E-state index in [-0.39, 0.29) is 18.6 Å². The number of nitrogens with zero attached hydrogens (tertiary/aromatic N) is 2. The molecular weight excluding hydrogens is 477 g/mol. The van der Waals surface area contributed by atoms with E-state index in [1.165, 1.54) is 25.5 Å². The molecule has 0 radical (unpaired) electrons. The van der Waals surface area contributed by atoms with Crippen LogP contribution in [-0.4, -0.2) is 30.3 Å². The summed E-state index contributed by atoms with van der Waals surface area (Å²) >= 11 is 2.10. The first-order chi connectivity index (χ1) is 13.4. The number of carboxylic acid groups (broad SMARTS) is 1. The Balaban J connectivity index is 2.10. The summed E-state index contributed by atoms with van der Waals surface area (Å²) in [6.45, 7) is 0.240. The fourth-order valence-electron chi connectivity index (χ4n) is 2.14. The monoisotopic (exact) mass is 493 g/mol. The average molecular weight is 493 g/mol. The first-order valence-corrected chi connectivity index (χ1v) is 9.04. The van der Waals surface area contributed by atoms with E-state index in [0.29, 0.717) is 17.1 Å². The van der Waals surface area contributed by atoms with Crippen LogP contribution in [0.1, 0.15) is 27.9 Å². The molecule has 0 atom stereocenters. The summed E-state index contributed by atoms with van der Waals surface area (Å²) < 4.78 is 12.0. The van der Waals surface area contributed by atoms with Crippen LogP contribution in [0, 0.1) is 14.9 Å². The van der Waals surface area contributed by atoms with Crippen molar-refractivity contribution >= 4 is 40.7 Å². The second kappa shape index (κ2) is 10.3. The number of nitriles is 1. The Morgan fingerprint density at radius 2 is 2.04 bits per heavy atom. The molecule has 144 valence electrons. The lowest BCUT2D eigenvalue weighted by Gasteiger charge is -2.13. The number of amides is 1. The SMILES string of the molecule is COc1cc(/C=N\NC(=O)CC#N)cc(I)c1OCc1ccc(C(=O)O)cc1. The summed E-state index contributed by atoms with van der Waals surface area (Å²) in [4.78, 5) is 22.1. The fourth-order valence-corrected chi connectivity index (χ4v) is 2.92. The molecule has 2 aromatic rings. The summed E-state index contributed by atoms with van der Waals surface area (Å²) in [7, 11) is 1.51. The number of carbonyl (C=O) groups excluding carboxylic acids is 1. The highest BCUT2D eigenvalue weighted by molar-refractivity contribution is 14.1. The highest BCUT2D eigenvalue weighted by Crippen LogP contribution is 2.34. The Morgan fingerprint density at radius 3 is 2.64 bits per heavy atom. The van der Waals surface area contributed by atoms with E-state index >= 15 is 0 Å². The van der Waals surface area contributed by atoms with Crippen LogP contribution in [0.15, 0.2) is 41.5 Å². The van der Waals surface area contributed by atoms with E-state index in [2.05, 4.69) is 33.1 Å². The molecule has 0 unspecified atom stereocenters. The van der Waals surface area contributed by atoms with Gasteiger partial charge in [0.1, 0.15) is 13.0 Å². The van der Waals surface area contributed by atoms with E-state index in [1.807, 2.05) is 0 Å². The van der Waals surface area contributed by atoms with E-state index < -0.39 is 11.9 Å². The second-order valence-corrected chi connectivity index (χ2v) is 6.62. The van der Waals surface area contributed by atoms with Gasteiger partial charge in [0.2, 0.25) is 0 Å². The zero-order valence-corrected chi connectivity index (χ0v) is 17.0. The van der Waals surface area contributed by atoms with Gasteiger partial charge in [0, 0.05) is 0 Å². The molecule has 2 aromatic carbocycles. The lowest BCUT2D eigenvalue weighted by molar-refractivity contribution is -0.120. The van der Waals surface area contributed by atoms with Gasteiger partial charge in [-0.1, -0.05) is 12.1 Å². The minimum absolute atomic E-state index is 0.210. The predicted octanol–water partition coefficient (Wildman–Crippen LogP) is 2.94. The Morgan fingerprint density at radius 1 is 1.32 bits per heavy atom. The molecule has 8 nitrogen and oxygen atoms in total. The molecule has 0 saturated carbocycles. The zero-order chi connectivity index (χ0) is 20.5. The molecule has 0 fully saturated rings. The maximum atomic E-state index is 11.2. The highest BCUT2D eigenvalue weighted by atomic mass is 127. The molecular formula is C19H16IN3O5. The van der Waals surface area contributed by atoms with Crippen molar-refractivity contribution in [2.45, 2.75) is 13.0 Å². The third-order valence-corrected chi connectivity index (χ3v) is 4.28. The second-order valence-electron chi connectivity index (χ2n) is 5.45. The average Bonchev–Trinajstić information content (AvgIpc) is 2.67. The summed E-state index contributed by atoms with van der Waals surface area (Å²) in [5.41, 5.74) is 3.96. The number of carbonyl (C=O) groups is 2. The normalized spacial score (nSPS) is 10.3. The van der Waals surface area contributed by atoms with Crippen molar-refractivity contribution in [1.82, 2.24) is 5.43 Å². The quantitative estimate of drug-likeness (QED) is 0.332. The summed E-state index contributed by atoms with van der Waals surface area (Å²) in [5, 5.41) is 21.2. The number of aromatic carboxylic acids is 1. The lowest BCUT2D eigenvalue weighted by atomic mass is 10.1. The van der Waals surface area contributed by atoms with Crippen molar-refractivity contribution < 1.29 is 24.2 Å². The number of methoxy groups -OCH3 is 1. The number of nitrogens with one attached hydrogen (secondary N) is 1. The summed E-state index contributed by atoms with van der Waals surface area (Å²) in [6, 6.07) is 11.6. The van der Waals surface area contributed by atoms with Crippen molar-refractivity contribution in [2.75, 3.05) is 7.11 Å². The number of hydrogen-bond donors (Lipinski definition) is 2. The van der Waals surface area contributed by atoms with Gasteiger partial charge in [-0.15, -0.1) is 0 Å². The lowest BCUT2D eigenvalue weighted by Crippen LogP contribution is -2.16. The van der Waals surface area contributed by atoms with Crippen LogP contribution in [0.4, 0.5) is 0 Å². The van der Waals surface area contributed by atoms with Crippen LogP contribution in [0.2, 0.25) is 0 Å². The molecule has 2 rings (SSSR count). The van der Waals surface area contributed by atoms with Crippen molar-refractivity contribution in [3.05, 3.63) is 56.7 Å². The Kier molecular flexibility index (Phi) is 7.76. The number of ether oxygens (including phenoxy) is 2. The minimum Gasteiger partial charge on any atom is -0.493 e. The van der Waals surface area contributed by atoms with Gasteiger partial charge in [-0.05, 0) is 58.0 Å². The van der Waals surface area contributed by atoms with Gasteiger partial charge in [-0.3, -0.25) is 4.79 Å². The molecule has 0 aliphatic carbocycles. The zero-order valence-electron chi connectivity index (χ0n) is 14.8. The largest absolute Gasteiger partial charge is 0.493 e. The minimum atomic E-state index is -0.982. The van der Waals surface area contributed by atoms with Gasteiger partial charge in [-0.25, -0.2) is 10.2 Å². The molecule has 0 aliphatic heterocycles.